The van der Waals surface area contributed by atoms with E-state index in [-0.39, 0.29) is 19.1 Å². The van der Waals surface area contributed by atoms with Crippen LogP contribution in [0.15, 0.2) is 48.8 Å². The number of carbonyl (C=O) groups is 2. The highest BCUT2D eigenvalue weighted by molar-refractivity contribution is 5.87. The van der Waals surface area contributed by atoms with Gasteiger partial charge in [-0.2, -0.15) is 5.26 Å². The summed E-state index contributed by atoms with van der Waals surface area (Å²) in [5.74, 6) is -0.275. The Morgan fingerprint density at radius 3 is 2.80 bits per heavy atom. The first-order valence-electron chi connectivity index (χ1n) is 7.76. The number of nitrogens with zero attached hydrogens (tertiary/aromatic N) is 3. The SMILES string of the molecule is N#Cc1ccc(CN2C(=O)OC[C@H]2C(=O)NCc2cccnc2)cc1. The van der Waals surface area contributed by atoms with E-state index < -0.39 is 12.1 Å². The van der Waals surface area contributed by atoms with Crippen molar-refractivity contribution >= 4 is 12.0 Å². The van der Waals surface area contributed by atoms with Crippen molar-refractivity contribution in [1.29, 1.82) is 5.26 Å². The van der Waals surface area contributed by atoms with Crippen LogP contribution in [0.4, 0.5) is 4.79 Å². The number of carbonyl (C=O) groups excluding carboxylic acids is 2. The summed E-state index contributed by atoms with van der Waals surface area (Å²) < 4.78 is 5.03. The lowest BCUT2D eigenvalue weighted by Crippen LogP contribution is -2.45. The van der Waals surface area contributed by atoms with Gasteiger partial charge < -0.3 is 10.1 Å². The maximum atomic E-state index is 12.4. The number of nitriles is 1. The highest BCUT2D eigenvalue weighted by Crippen LogP contribution is 2.17. The molecule has 7 nitrogen and oxygen atoms in total. The van der Waals surface area contributed by atoms with Crippen molar-refractivity contribution < 1.29 is 14.3 Å². The van der Waals surface area contributed by atoms with Crippen LogP contribution in [0.2, 0.25) is 0 Å². The van der Waals surface area contributed by atoms with Crippen LogP contribution in [0.5, 0.6) is 0 Å². The molecule has 25 heavy (non-hydrogen) atoms. The fraction of sp³-hybridized carbons (Fsp3) is 0.222. The molecule has 1 fully saturated rings. The Morgan fingerprint density at radius 1 is 1.32 bits per heavy atom. The number of pyridine rings is 1. The fourth-order valence-electron chi connectivity index (χ4n) is 2.53. The Bertz CT molecular complexity index is 799. The van der Waals surface area contributed by atoms with E-state index in [1.165, 1.54) is 4.90 Å². The van der Waals surface area contributed by atoms with Crippen molar-refractivity contribution in [1.82, 2.24) is 15.2 Å². The summed E-state index contributed by atoms with van der Waals surface area (Å²) in [6.45, 7) is 0.603. The molecule has 7 heteroatoms. The third-order valence-electron chi connectivity index (χ3n) is 3.90. The topological polar surface area (TPSA) is 95.3 Å². The number of nitrogens with one attached hydrogen (secondary N) is 1. The zero-order valence-electron chi connectivity index (χ0n) is 13.4. The Hall–Kier alpha value is -3.40. The van der Waals surface area contributed by atoms with Crippen LogP contribution in [-0.4, -0.2) is 34.5 Å². The van der Waals surface area contributed by atoms with Crippen LogP contribution in [-0.2, 0) is 22.6 Å². The maximum absolute atomic E-state index is 12.4. The molecule has 3 rings (SSSR count). The Balaban J connectivity index is 1.64. The predicted molar refractivity (Wildman–Crippen MR) is 87.9 cm³/mol. The minimum absolute atomic E-state index is 0.0218. The van der Waals surface area contributed by atoms with Gasteiger partial charge in [0.25, 0.3) is 0 Å². The molecule has 2 aromatic rings. The second-order valence-electron chi connectivity index (χ2n) is 5.61. The average molecular weight is 336 g/mol. The number of hydrogen-bond donors (Lipinski definition) is 1. The second-order valence-corrected chi connectivity index (χ2v) is 5.61. The number of hydrogen-bond acceptors (Lipinski definition) is 5. The molecular weight excluding hydrogens is 320 g/mol. The Morgan fingerprint density at radius 2 is 2.12 bits per heavy atom. The van der Waals surface area contributed by atoms with E-state index in [1.54, 1.807) is 42.7 Å². The van der Waals surface area contributed by atoms with Crippen LogP contribution < -0.4 is 5.32 Å². The third kappa shape index (κ3) is 3.93. The van der Waals surface area contributed by atoms with Crippen molar-refractivity contribution in [3.8, 4) is 6.07 Å². The van der Waals surface area contributed by atoms with E-state index in [4.69, 9.17) is 10.00 Å². The largest absolute Gasteiger partial charge is 0.447 e. The molecule has 2 amide bonds. The molecule has 0 spiro atoms. The highest BCUT2D eigenvalue weighted by Gasteiger charge is 2.37. The Kier molecular flexibility index (Phi) is 4.90. The summed E-state index contributed by atoms with van der Waals surface area (Å²) in [4.78, 5) is 29.8. The minimum atomic E-state index is -0.681. The smallest absolute Gasteiger partial charge is 0.410 e. The number of amides is 2. The second kappa shape index (κ2) is 7.45. The zero-order chi connectivity index (χ0) is 17.6. The predicted octanol–water partition coefficient (Wildman–Crippen LogP) is 1.59. The van der Waals surface area contributed by atoms with Crippen LogP contribution in [0.3, 0.4) is 0 Å². The summed E-state index contributed by atoms with van der Waals surface area (Å²) in [7, 11) is 0. The van der Waals surface area contributed by atoms with Crippen LogP contribution >= 0.6 is 0 Å². The van der Waals surface area contributed by atoms with E-state index >= 15 is 0 Å². The molecule has 0 aliphatic carbocycles. The lowest BCUT2D eigenvalue weighted by atomic mass is 10.1. The summed E-state index contributed by atoms with van der Waals surface area (Å²) in [5.41, 5.74) is 2.24. The van der Waals surface area contributed by atoms with E-state index in [0.717, 1.165) is 11.1 Å². The van der Waals surface area contributed by atoms with Gasteiger partial charge in [0.15, 0.2) is 0 Å². The molecule has 0 saturated carbocycles. The van der Waals surface area contributed by atoms with E-state index in [0.29, 0.717) is 12.1 Å². The number of rotatable bonds is 5. The molecule has 1 aromatic carbocycles. The summed E-state index contributed by atoms with van der Waals surface area (Å²) in [5, 5.41) is 11.6. The first-order valence-corrected chi connectivity index (χ1v) is 7.76. The van der Waals surface area contributed by atoms with Crippen LogP contribution in [0.1, 0.15) is 16.7 Å². The van der Waals surface area contributed by atoms with Gasteiger partial charge in [0.1, 0.15) is 12.6 Å². The molecule has 0 bridgehead atoms. The van der Waals surface area contributed by atoms with Crippen LogP contribution in [0.25, 0.3) is 0 Å². The summed E-state index contributed by atoms with van der Waals surface area (Å²) >= 11 is 0. The van der Waals surface area contributed by atoms with Gasteiger partial charge >= 0.3 is 6.09 Å². The molecule has 1 aromatic heterocycles. The van der Waals surface area contributed by atoms with Gasteiger partial charge in [-0.1, -0.05) is 18.2 Å². The van der Waals surface area contributed by atoms with Crippen LogP contribution in [0, 0.1) is 11.3 Å². The number of benzene rings is 1. The minimum Gasteiger partial charge on any atom is -0.447 e. The van der Waals surface area contributed by atoms with Gasteiger partial charge in [-0.25, -0.2) is 4.79 Å². The summed E-state index contributed by atoms with van der Waals surface area (Å²) in [6, 6.07) is 11.9. The molecule has 1 N–H and O–H groups in total. The molecule has 1 aliphatic rings. The molecule has 1 aliphatic heterocycles. The molecule has 126 valence electrons. The highest BCUT2D eigenvalue weighted by atomic mass is 16.6. The zero-order valence-corrected chi connectivity index (χ0v) is 13.4. The van der Waals surface area contributed by atoms with Crippen molar-refractivity contribution in [3.63, 3.8) is 0 Å². The molecule has 1 saturated heterocycles. The van der Waals surface area contributed by atoms with Crippen molar-refractivity contribution in [2.75, 3.05) is 6.61 Å². The van der Waals surface area contributed by atoms with Crippen molar-refractivity contribution in [2.24, 2.45) is 0 Å². The Labute approximate surface area is 144 Å². The third-order valence-corrected chi connectivity index (χ3v) is 3.90. The lowest BCUT2D eigenvalue weighted by Gasteiger charge is -2.20. The standard InChI is InChI=1S/C18H16N4O3/c19-8-13-3-5-14(6-4-13)11-22-16(12-25-18(22)24)17(23)21-10-15-2-1-7-20-9-15/h1-7,9,16H,10-12H2,(H,21,23)/t16-/m0/s1. The first-order chi connectivity index (χ1) is 12.2. The van der Waals surface area contributed by atoms with Gasteiger partial charge in [-0.05, 0) is 29.3 Å². The van der Waals surface area contributed by atoms with E-state index in [1.807, 2.05) is 12.1 Å². The monoisotopic (exact) mass is 336 g/mol. The van der Waals surface area contributed by atoms with Gasteiger partial charge in [0.2, 0.25) is 5.91 Å². The van der Waals surface area contributed by atoms with Crippen molar-refractivity contribution in [3.05, 3.63) is 65.5 Å². The molecular formula is C18H16N4O3. The number of cyclic esters (lactones) is 1. The summed E-state index contributed by atoms with van der Waals surface area (Å²) in [6.07, 6.45) is 2.81. The molecule has 2 heterocycles. The van der Waals surface area contributed by atoms with Gasteiger partial charge in [-0.3, -0.25) is 14.7 Å². The number of ether oxygens (including phenoxy) is 1. The number of aromatic nitrogens is 1. The van der Waals surface area contributed by atoms with Gasteiger partial charge in [0.05, 0.1) is 18.2 Å². The normalized spacial score (nSPS) is 16.2. The first kappa shape index (κ1) is 16.5. The molecule has 0 radical (unpaired) electrons. The lowest BCUT2D eigenvalue weighted by molar-refractivity contribution is -0.125. The van der Waals surface area contributed by atoms with E-state index in [2.05, 4.69) is 10.3 Å². The van der Waals surface area contributed by atoms with Gasteiger partial charge in [-0.15, -0.1) is 0 Å². The molecule has 0 unspecified atom stereocenters. The van der Waals surface area contributed by atoms with E-state index in [9.17, 15) is 9.59 Å². The maximum Gasteiger partial charge on any atom is 0.410 e. The van der Waals surface area contributed by atoms with Crippen molar-refractivity contribution in [2.45, 2.75) is 19.1 Å². The quantitative estimate of drug-likeness (QED) is 0.894. The molecule has 1 atom stereocenters. The fourth-order valence-corrected chi connectivity index (χ4v) is 2.53. The average Bonchev–Trinajstić information content (AvgIpc) is 3.02. The van der Waals surface area contributed by atoms with Gasteiger partial charge in [0, 0.05) is 18.9 Å².